The van der Waals surface area contributed by atoms with Crippen molar-refractivity contribution in [1.82, 2.24) is 15.5 Å². The third-order valence-corrected chi connectivity index (χ3v) is 4.35. The van der Waals surface area contributed by atoms with Crippen molar-refractivity contribution in [2.75, 3.05) is 5.32 Å². The van der Waals surface area contributed by atoms with Crippen molar-refractivity contribution >= 4 is 23.4 Å². The van der Waals surface area contributed by atoms with Gasteiger partial charge in [0, 0.05) is 17.3 Å². The van der Waals surface area contributed by atoms with Gasteiger partial charge in [0.05, 0.1) is 0 Å². The second kappa shape index (κ2) is 8.81. The summed E-state index contributed by atoms with van der Waals surface area (Å²) in [4.78, 5) is 16.8. The van der Waals surface area contributed by atoms with Gasteiger partial charge in [-0.15, -0.1) is 0 Å². The van der Waals surface area contributed by atoms with Gasteiger partial charge in [-0.1, -0.05) is 6.07 Å². The van der Waals surface area contributed by atoms with Crippen LogP contribution in [0.3, 0.4) is 0 Å². The van der Waals surface area contributed by atoms with Gasteiger partial charge >= 0.3 is 0 Å². The highest BCUT2D eigenvalue weighted by molar-refractivity contribution is 6.10. The average molecular weight is 415 g/mol. The third kappa shape index (κ3) is 5.25. The van der Waals surface area contributed by atoms with Crippen LogP contribution in [0.4, 0.5) is 24.7 Å². The first-order valence-corrected chi connectivity index (χ1v) is 9.06. The number of guanidine groups is 1. The van der Waals surface area contributed by atoms with Crippen molar-refractivity contribution in [1.29, 1.82) is 0 Å². The Morgan fingerprint density at radius 2 is 1.83 bits per heavy atom. The van der Waals surface area contributed by atoms with Gasteiger partial charge in [-0.05, 0) is 67.8 Å². The molecule has 3 N–H and O–H groups in total. The Labute approximate surface area is 171 Å². The predicted octanol–water partition coefficient (Wildman–Crippen LogP) is 4.94. The zero-order chi connectivity index (χ0) is 21.8. The van der Waals surface area contributed by atoms with Crippen LogP contribution >= 0.6 is 0 Å². The van der Waals surface area contributed by atoms with Gasteiger partial charge in [0.15, 0.2) is 5.82 Å². The largest absolute Gasteiger partial charge is 0.326 e. The van der Waals surface area contributed by atoms with E-state index >= 15 is 0 Å². The van der Waals surface area contributed by atoms with Crippen molar-refractivity contribution in [2.24, 2.45) is 4.99 Å². The Bertz CT molecular complexity index is 1090. The minimum absolute atomic E-state index is 0.0682. The molecule has 9 heteroatoms. The fourth-order valence-corrected chi connectivity index (χ4v) is 2.70. The summed E-state index contributed by atoms with van der Waals surface area (Å²) in [5.41, 5.74) is 2.93. The fraction of sp³-hybridized carbons (Fsp3) is 0.190. The summed E-state index contributed by atoms with van der Waals surface area (Å²) in [6.45, 7) is 5.52. The number of nitrogens with one attached hydrogen (secondary N) is 3. The van der Waals surface area contributed by atoms with Crippen LogP contribution < -0.4 is 10.6 Å². The second-order valence-corrected chi connectivity index (χ2v) is 6.84. The van der Waals surface area contributed by atoms with Gasteiger partial charge in [-0.25, -0.2) is 13.2 Å². The molecule has 0 unspecified atom stereocenters. The first kappa shape index (κ1) is 21.1. The molecule has 1 heterocycles. The van der Waals surface area contributed by atoms with E-state index in [2.05, 4.69) is 25.8 Å². The molecule has 156 valence electrons. The van der Waals surface area contributed by atoms with Crippen LogP contribution in [0.25, 0.3) is 0 Å². The van der Waals surface area contributed by atoms with Crippen molar-refractivity contribution < 1.29 is 18.0 Å². The molecular formula is C21H20F3N5O. The number of aryl methyl sites for hydroxylation is 3. The number of carbonyl (C=O) groups is 1. The molecule has 3 rings (SSSR count). The highest BCUT2D eigenvalue weighted by Crippen LogP contribution is 2.21. The first-order chi connectivity index (χ1) is 14.2. The zero-order valence-electron chi connectivity index (χ0n) is 16.6. The van der Waals surface area contributed by atoms with E-state index in [1.165, 1.54) is 12.1 Å². The molecule has 6 nitrogen and oxygen atoms in total. The SMILES string of the molecule is Cc1cc(F)cc(NC(=Nc2cc(C(F)F)[nH]n2)NC(=O)c2ccc(C)c(C)c2)c1. The topological polar surface area (TPSA) is 82.2 Å². The summed E-state index contributed by atoms with van der Waals surface area (Å²) in [5, 5.41) is 11.3. The van der Waals surface area contributed by atoms with Gasteiger partial charge in [0.1, 0.15) is 11.5 Å². The number of halogens is 3. The molecule has 1 amide bonds. The van der Waals surface area contributed by atoms with Gasteiger partial charge in [-0.3, -0.25) is 15.2 Å². The van der Waals surface area contributed by atoms with Crippen LogP contribution in [0.2, 0.25) is 0 Å². The maximum Gasteiger partial charge on any atom is 0.279 e. The number of alkyl halides is 2. The minimum atomic E-state index is -2.74. The molecule has 3 aromatic rings. The lowest BCUT2D eigenvalue weighted by atomic mass is 10.1. The molecule has 0 bridgehead atoms. The number of hydrogen-bond acceptors (Lipinski definition) is 3. The standard InChI is InChI=1S/C21H20F3N5O/c1-11-6-15(22)9-16(7-11)25-21(26-18-10-17(19(23)24)28-29-18)27-20(30)14-5-4-12(2)13(3)8-14/h4-10,19H,1-3H3,(H3,25,26,27,28,29,30). The molecule has 2 aromatic carbocycles. The molecular weight excluding hydrogens is 395 g/mol. The normalized spacial score (nSPS) is 11.6. The number of benzene rings is 2. The van der Waals surface area contributed by atoms with E-state index < -0.39 is 23.8 Å². The number of carbonyl (C=O) groups excluding carboxylic acids is 1. The molecule has 0 radical (unpaired) electrons. The number of rotatable bonds is 4. The monoisotopic (exact) mass is 415 g/mol. The molecule has 0 fully saturated rings. The van der Waals surface area contributed by atoms with E-state index in [0.717, 1.165) is 17.2 Å². The molecule has 0 aliphatic carbocycles. The predicted molar refractivity (Wildman–Crippen MR) is 109 cm³/mol. The summed E-state index contributed by atoms with van der Waals surface area (Å²) in [6, 6.07) is 10.5. The molecule has 0 aliphatic rings. The molecule has 30 heavy (non-hydrogen) atoms. The van der Waals surface area contributed by atoms with Crippen LogP contribution in [0.15, 0.2) is 47.5 Å². The maximum atomic E-state index is 13.7. The average Bonchev–Trinajstić information content (AvgIpc) is 3.11. The Kier molecular flexibility index (Phi) is 6.20. The van der Waals surface area contributed by atoms with E-state index in [-0.39, 0.29) is 11.8 Å². The lowest BCUT2D eigenvalue weighted by Crippen LogP contribution is -2.36. The second-order valence-electron chi connectivity index (χ2n) is 6.84. The Morgan fingerprint density at radius 3 is 2.47 bits per heavy atom. The molecule has 0 aliphatic heterocycles. The number of H-pyrrole nitrogens is 1. The number of aliphatic imine (C=N–C) groups is 1. The Morgan fingerprint density at radius 1 is 1.07 bits per heavy atom. The van der Waals surface area contributed by atoms with Gasteiger partial charge in [0.2, 0.25) is 5.96 Å². The lowest BCUT2D eigenvalue weighted by molar-refractivity contribution is 0.0977. The van der Waals surface area contributed by atoms with Gasteiger partial charge in [-0.2, -0.15) is 10.1 Å². The summed E-state index contributed by atoms with van der Waals surface area (Å²) in [7, 11) is 0. The molecule has 0 spiro atoms. The molecule has 0 atom stereocenters. The number of anilines is 1. The van der Waals surface area contributed by atoms with Crippen LogP contribution in [0.5, 0.6) is 0 Å². The van der Waals surface area contributed by atoms with E-state index in [0.29, 0.717) is 16.8 Å². The van der Waals surface area contributed by atoms with Crippen LogP contribution in [0.1, 0.15) is 39.2 Å². The lowest BCUT2D eigenvalue weighted by Gasteiger charge is -2.12. The number of aromatic amines is 1. The van der Waals surface area contributed by atoms with E-state index in [4.69, 9.17) is 0 Å². The quantitative estimate of drug-likeness (QED) is 0.417. The smallest absolute Gasteiger partial charge is 0.279 e. The highest BCUT2D eigenvalue weighted by Gasteiger charge is 2.14. The van der Waals surface area contributed by atoms with Crippen molar-refractivity contribution in [3.8, 4) is 0 Å². The summed E-state index contributed by atoms with van der Waals surface area (Å²) in [5.74, 6) is -1.10. The highest BCUT2D eigenvalue weighted by atomic mass is 19.3. The first-order valence-electron chi connectivity index (χ1n) is 9.06. The van der Waals surface area contributed by atoms with E-state index in [1.807, 2.05) is 19.9 Å². The summed E-state index contributed by atoms with van der Waals surface area (Å²) < 4.78 is 39.4. The number of nitrogens with zero attached hydrogens (tertiary/aromatic N) is 2. The van der Waals surface area contributed by atoms with Crippen LogP contribution in [-0.4, -0.2) is 22.1 Å². The number of aromatic nitrogens is 2. The molecule has 1 aromatic heterocycles. The number of hydrogen-bond donors (Lipinski definition) is 3. The van der Waals surface area contributed by atoms with Crippen LogP contribution in [-0.2, 0) is 0 Å². The summed E-state index contributed by atoms with van der Waals surface area (Å²) in [6.07, 6.45) is -2.74. The zero-order valence-corrected chi connectivity index (χ0v) is 16.6. The van der Waals surface area contributed by atoms with E-state index in [1.54, 1.807) is 25.1 Å². The van der Waals surface area contributed by atoms with Crippen molar-refractivity contribution in [3.63, 3.8) is 0 Å². The molecule has 0 saturated heterocycles. The summed E-state index contributed by atoms with van der Waals surface area (Å²) >= 11 is 0. The number of amides is 1. The van der Waals surface area contributed by atoms with Crippen molar-refractivity contribution in [2.45, 2.75) is 27.2 Å². The fourth-order valence-electron chi connectivity index (χ4n) is 2.70. The molecule has 0 saturated carbocycles. The van der Waals surface area contributed by atoms with Gasteiger partial charge < -0.3 is 5.32 Å². The maximum absolute atomic E-state index is 13.7. The van der Waals surface area contributed by atoms with Gasteiger partial charge in [0.25, 0.3) is 12.3 Å². The Hall–Kier alpha value is -3.62. The Balaban J connectivity index is 1.92. The minimum Gasteiger partial charge on any atom is -0.326 e. The van der Waals surface area contributed by atoms with Crippen molar-refractivity contribution in [3.05, 3.63) is 76.2 Å². The van der Waals surface area contributed by atoms with Crippen LogP contribution in [0, 0.1) is 26.6 Å². The third-order valence-electron chi connectivity index (χ3n) is 4.35. The van der Waals surface area contributed by atoms with E-state index in [9.17, 15) is 18.0 Å².